The van der Waals surface area contributed by atoms with Crippen molar-refractivity contribution in [3.8, 4) is 5.75 Å². The molecule has 2 nitrogen and oxygen atoms in total. The summed E-state index contributed by atoms with van der Waals surface area (Å²) in [7, 11) is 1.72. The molecular weight excluding hydrogens is 234 g/mol. The molecule has 0 heterocycles. The molecule has 0 amide bonds. The molecule has 0 bridgehead atoms. The van der Waals surface area contributed by atoms with Crippen molar-refractivity contribution in [3.05, 3.63) is 29.8 Å². The van der Waals surface area contributed by atoms with Crippen molar-refractivity contribution >= 4 is 0 Å². The zero-order chi connectivity index (χ0) is 13.7. The first-order chi connectivity index (χ1) is 9.24. The molecule has 1 aliphatic rings. The third-order valence-corrected chi connectivity index (χ3v) is 4.47. The fourth-order valence-electron chi connectivity index (χ4n) is 3.06. The predicted molar refractivity (Wildman–Crippen MR) is 80.5 cm³/mol. The molecule has 106 valence electrons. The van der Waals surface area contributed by atoms with Crippen LogP contribution in [0.5, 0.6) is 5.75 Å². The number of hydrogen-bond acceptors (Lipinski definition) is 2. The standard InChI is InChI=1S/C17H27NO/c1-4-14(2)18(16-7-5-6-8-16)13-15-9-11-17(19-3)12-10-15/h9-12,14,16H,4-8,13H2,1-3H3. The van der Waals surface area contributed by atoms with Crippen molar-refractivity contribution in [2.45, 2.75) is 64.6 Å². The minimum atomic E-state index is 0.671. The highest BCUT2D eigenvalue weighted by Gasteiger charge is 2.25. The van der Waals surface area contributed by atoms with E-state index in [0.717, 1.165) is 18.3 Å². The number of ether oxygens (including phenoxy) is 1. The summed E-state index contributed by atoms with van der Waals surface area (Å²) < 4.78 is 5.23. The highest BCUT2D eigenvalue weighted by molar-refractivity contribution is 5.27. The Labute approximate surface area is 117 Å². The number of benzene rings is 1. The SMILES string of the molecule is CCC(C)N(Cc1ccc(OC)cc1)C1CCCC1. The van der Waals surface area contributed by atoms with Gasteiger partial charge in [0.1, 0.15) is 5.75 Å². The first-order valence-corrected chi connectivity index (χ1v) is 7.63. The normalized spacial score (nSPS) is 17.9. The van der Waals surface area contributed by atoms with Gasteiger partial charge in [-0.05, 0) is 43.9 Å². The average Bonchev–Trinajstić information content (AvgIpc) is 2.98. The van der Waals surface area contributed by atoms with Crippen molar-refractivity contribution in [2.75, 3.05) is 7.11 Å². The average molecular weight is 261 g/mol. The van der Waals surface area contributed by atoms with Gasteiger partial charge in [0, 0.05) is 18.6 Å². The molecule has 1 fully saturated rings. The van der Waals surface area contributed by atoms with E-state index in [1.807, 2.05) is 0 Å². The summed E-state index contributed by atoms with van der Waals surface area (Å²) in [6.45, 7) is 5.73. The van der Waals surface area contributed by atoms with E-state index in [1.54, 1.807) is 7.11 Å². The van der Waals surface area contributed by atoms with Gasteiger partial charge in [0.25, 0.3) is 0 Å². The minimum absolute atomic E-state index is 0.671. The number of hydrogen-bond donors (Lipinski definition) is 0. The Balaban J connectivity index is 2.05. The van der Waals surface area contributed by atoms with Gasteiger partial charge in [-0.15, -0.1) is 0 Å². The second-order valence-corrected chi connectivity index (χ2v) is 5.72. The van der Waals surface area contributed by atoms with Gasteiger partial charge in [-0.2, -0.15) is 0 Å². The fourth-order valence-corrected chi connectivity index (χ4v) is 3.06. The van der Waals surface area contributed by atoms with Crippen LogP contribution in [0.4, 0.5) is 0 Å². The zero-order valence-corrected chi connectivity index (χ0v) is 12.6. The Morgan fingerprint density at radius 1 is 1.21 bits per heavy atom. The maximum Gasteiger partial charge on any atom is 0.118 e. The third-order valence-electron chi connectivity index (χ3n) is 4.47. The molecule has 0 aromatic heterocycles. The Morgan fingerprint density at radius 2 is 1.84 bits per heavy atom. The smallest absolute Gasteiger partial charge is 0.118 e. The van der Waals surface area contributed by atoms with Gasteiger partial charge in [-0.25, -0.2) is 0 Å². The molecule has 19 heavy (non-hydrogen) atoms. The summed E-state index contributed by atoms with van der Waals surface area (Å²) in [5.41, 5.74) is 1.40. The number of nitrogens with zero attached hydrogens (tertiary/aromatic N) is 1. The molecule has 1 aliphatic carbocycles. The largest absolute Gasteiger partial charge is 0.497 e. The van der Waals surface area contributed by atoms with Gasteiger partial charge in [-0.1, -0.05) is 31.9 Å². The van der Waals surface area contributed by atoms with Crippen LogP contribution in [0.15, 0.2) is 24.3 Å². The van der Waals surface area contributed by atoms with Gasteiger partial charge in [0.15, 0.2) is 0 Å². The zero-order valence-electron chi connectivity index (χ0n) is 12.6. The third kappa shape index (κ3) is 3.73. The van der Waals surface area contributed by atoms with E-state index in [-0.39, 0.29) is 0 Å². The summed E-state index contributed by atoms with van der Waals surface area (Å²) in [4.78, 5) is 2.70. The topological polar surface area (TPSA) is 12.5 Å². The van der Waals surface area contributed by atoms with E-state index in [0.29, 0.717) is 6.04 Å². The molecule has 0 aliphatic heterocycles. The van der Waals surface area contributed by atoms with E-state index in [4.69, 9.17) is 4.74 Å². The first kappa shape index (κ1) is 14.4. The van der Waals surface area contributed by atoms with E-state index in [1.165, 1.54) is 37.7 Å². The fraction of sp³-hybridized carbons (Fsp3) is 0.647. The quantitative estimate of drug-likeness (QED) is 0.759. The van der Waals surface area contributed by atoms with E-state index in [2.05, 4.69) is 43.0 Å². The molecule has 1 aromatic carbocycles. The summed E-state index contributed by atoms with van der Waals surface area (Å²) >= 11 is 0. The van der Waals surface area contributed by atoms with E-state index < -0.39 is 0 Å². The maximum atomic E-state index is 5.23. The Kier molecular flexibility index (Phi) is 5.26. The van der Waals surface area contributed by atoms with Crippen LogP contribution in [0.1, 0.15) is 51.5 Å². The van der Waals surface area contributed by atoms with Crippen LogP contribution in [0, 0.1) is 0 Å². The van der Waals surface area contributed by atoms with E-state index >= 15 is 0 Å². The van der Waals surface area contributed by atoms with Gasteiger partial charge in [0.2, 0.25) is 0 Å². The molecule has 1 atom stereocenters. The second kappa shape index (κ2) is 6.95. The van der Waals surface area contributed by atoms with Crippen LogP contribution in [-0.2, 0) is 6.54 Å². The van der Waals surface area contributed by atoms with Gasteiger partial charge in [0.05, 0.1) is 7.11 Å². The number of rotatable bonds is 6. The molecule has 1 aromatic rings. The highest BCUT2D eigenvalue weighted by Crippen LogP contribution is 2.27. The Hall–Kier alpha value is -1.02. The summed E-state index contributed by atoms with van der Waals surface area (Å²) in [5.74, 6) is 0.944. The minimum Gasteiger partial charge on any atom is -0.497 e. The van der Waals surface area contributed by atoms with Crippen LogP contribution in [0.2, 0.25) is 0 Å². The molecule has 1 unspecified atom stereocenters. The van der Waals surface area contributed by atoms with Gasteiger partial charge >= 0.3 is 0 Å². The van der Waals surface area contributed by atoms with Crippen molar-refractivity contribution in [1.82, 2.24) is 4.90 Å². The van der Waals surface area contributed by atoms with Crippen molar-refractivity contribution in [2.24, 2.45) is 0 Å². The van der Waals surface area contributed by atoms with Crippen molar-refractivity contribution in [1.29, 1.82) is 0 Å². The second-order valence-electron chi connectivity index (χ2n) is 5.72. The maximum absolute atomic E-state index is 5.23. The van der Waals surface area contributed by atoms with Crippen molar-refractivity contribution < 1.29 is 4.74 Å². The molecule has 2 rings (SSSR count). The van der Waals surface area contributed by atoms with E-state index in [9.17, 15) is 0 Å². The Morgan fingerprint density at radius 3 is 2.37 bits per heavy atom. The number of methoxy groups -OCH3 is 1. The van der Waals surface area contributed by atoms with Gasteiger partial charge in [-0.3, -0.25) is 4.90 Å². The predicted octanol–water partition coefficient (Wildman–Crippen LogP) is 4.24. The lowest BCUT2D eigenvalue weighted by molar-refractivity contribution is 0.132. The summed E-state index contributed by atoms with van der Waals surface area (Å²) in [5, 5.41) is 0. The van der Waals surface area contributed by atoms with Crippen LogP contribution < -0.4 is 4.74 Å². The lowest BCUT2D eigenvalue weighted by atomic mass is 10.1. The molecule has 1 saturated carbocycles. The molecule has 0 N–H and O–H groups in total. The van der Waals surface area contributed by atoms with Gasteiger partial charge < -0.3 is 4.74 Å². The van der Waals surface area contributed by atoms with Crippen LogP contribution >= 0.6 is 0 Å². The lowest BCUT2D eigenvalue weighted by Crippen LogP contribution is -2.39. The van der Waals surface area contributed by atoms with Crippen molar-refractivity contribution in [3.63, 3.8) is 0 Å². The monoisotopic (exact) mass is 261 g/mol. The van der Waals surface area contributed by atoms with Crippen LogP contribution in [0.25, 0.3) is 0 Å². The highest BCUT2D eigenvalue weighted by atomic mass is 16.5. The lowest BCUT2D eigenvalue weighted by Gasteiger charge is -2.34. The summed E-state index contributed by atoms with van der Waals surface area (Å²) in [6.07, 6.45) is 6.79. The van der Waals surface area contributed by atoms with Crippen LogP contribution in [-0.4, -0.2) is 24.1 Å². The molecular formula is C17H27NO. The first-order valence-electron chi connectivity index (χ1n) is 7.63. The molecule has 0 radical (unpaired) electrons. The molecule has 0 saturated heterocycles. The Bertz CT molecular complexity index is 367. The molecule has 2 heteroatoms. The van der Waals surface area contributed by atoms with Crippen LogP contribution in [0.3, 0.4) is 0 Å². The summed E-state index contributed by atoms with van der Waals surface area (Å²) in [6, 6.07) is 9.99. The molecule has 0 spiro atoms.